The first kappa shape index (κ1) is 35.0. The van der Waals surface area contributed by atoms with E-state index in [1.807, 2.05) is 65.0 Å². The van der Waals surface area contributed by atoms with Gasteiger partial charge < -0.3 is 15.2 Å². The van der Waals surface area contributed by atoms with Gasteiger partial charge in [-0.15, -0.1) is 0 Å². The molecule has 0 spiro atoms. The Bertz CT molecular complexity index is 1290. The molecule has 0 aliphatic carbocycles. The van der Waals surface area contributed by atoms with Gasteiger partial charge in [0.25, 0.3) is 0 Å². The molecular weight excluding hydrogens is 527 g/mol. The molecule has 0 atom stereocenters. The minimum atomic E-state index is -4.37. The molecule has 2 N–H and O–H groups in total. The summed E-state index contributed by atoms with van der Waals surface area (Å²) in [5.74, 6) is 1.48. The van der Waals surface area contributed by atoms with Gasteiger partial charge in [-0.1, -0.05) is 50.8 Å². The summed E-state index contributed by atoms with van der Waals surface area (Å²) in [6.45, 7) is 13.9. The first-order valence-electron chi connectivity index (χ1n) is 13.4. The van der Waals surface area contributed by atoms with E-state index in [9.17, 15) is 13.2 Å². The van der Waals surface area contributed by atoms with Crippen molar-refractivity contribution in [2.75, 3.05) is 14.2 Å². The summed E-state index contributed by atoms with van der Waals surface area (Å²) in [6.07, 6.45) is 4.46. The molecule has 0 saturated carbocycles. The summed E-state index contributed by atoms with van der Waals surface area (Å²) in [7, 11) is 3.26. The summed E-state index contributed by atoms with van der Waals surface area (Å²) in [5, 5.41) is 0. The topological polar surface area (TPSA) is 69.2 Å². The highest BCUT2D eigenvalue weighted by Gasteiger charge is 2.29. The highest BCUT2D eigenvalue weighted by Crippen LogP contribution is 2.31. The van der Waals surface area contributed by atoms with Gasteiger partial charge in [0.15, 0.2) is 11.5 Å². The smallest absolute Gasteiger partial charge is 0.416 e. The fraction of sp³-hybridized carbons (Fsp3) is 0.333. The maximum absolute atomic E-state index is 12.8. The molecule has 8 heteroatoms. The Morgan fingerprint density at radius 3 is 2.10 bits per heavy atom. The first-order valence-corrected chi connectivity index (χ1v) is 13.4. The number of aryl methyl sites for hydroxylation is 1. The van der Waals surface area contributed by atoms with E-state index in [4.69, 9.17) is 15.2 Å². The average Bonchev–Trinajstić information content (AvgIpc) is 2.96. The molecule has 0 aliphatic heterocycles. The van der Waals surface area contributed by atoms with Crippen LogP contribution in [0.2, 0.25) is 0 Å². The maximum atomic E-state index is 12.8. The Hall–Kier alpha value is -4.07. The zero-order valence-electron chi connectivity index (χ0n) is 25.1. The number of halogens is 3. The lowest BCUT2D eigenvalue weighted by Gasteiger charge is -2.13. The van der Waals surface area contributed by atoms with Crippen molar-refractivity contribution in [3.05, 3.63) is 106 Å². The Labute approximate surface area is 242 Å². The Morgan fingerprint density at radius 1 is 0.976 bits per heavy atom. The van der Waals surface area contributed by atoms with Gasteiger partial charge in [-0.25, -0.2) is 4.99 Å². The number of nitrogens with zero attached hydrogens (tertiary/aromatic N) is 2. The lowest BCUT2D eigenvalue weighted by atomic mass is 10.0. The van der Waals surface area contributed by atoms with Crippen LogP contribution in [0.25, 0.3) is 0 Å². The predicted octanol–water partition coefficient (Wildman–Crippen LogP) is 8.66. The molecule has 2 rings (SSSR count). The fourth-order valence-electron chi connectivity index (χ4n) is 3.61. The number of hydrogen-bond donors (Lipinski definition) is 1. The number of ether oxygens (including phenoxy) is 2. The molecule has 2 aromatic rings. The molecule has 0 heterocycles. The zero-order valence-corrected chi connectivity index (χ0v) is 25.1. The summed E-state index contributed by atoms with van der Waals surface area (Å²) in [6, 6.07) is 10.4. The number of rotatable bonds is 12. The van der Waals surface area contributed by atoms with E-state index in [2.05, 4.69) is 16.6 Å². The van der Waals surface area contributed by atoms with Crippen molar-refractivity contribution < 1.29 is 22.6 Å². The predicted molar refractivity (Wildman–Crippen MR) is 165 cm³/mol. The van der Waals surface area contributed by atoms with Crippen LogP contribution in [-0.2, 0) is 19.2 Å². The van der Waals surface area contributed by atoms with Gasteiger partial charge in [0.1, 0.15) is 6.61 Å². The first-order chi connectivity index (χ1) is 19.5. The molecule has 0 saturated heterocycles. The lowest BCUT2D eigenvalue weighted by Crippen LogP contribution is -2.13. The molecule has 0 bridgehead atoms. The quantitative estimate of drug-likeness (QED) is 0.158. The van der Waals surface area contributed by atoms with Crippen molar-refractivity contribution in [1.29, 1.82) is 0 Å². The lowest BCUT2D eigenvalue weighted by molar-refractivity contribution is -0.137. The molecule has 2 aromatic carbocycles. The van der Waals surface area contributed by atoms with Crippen molar-refractivity contribution >= 4 is 12.1 Å². The van der Waals surface area contributed by atoms with Crippen LogP contribution in [0, 0.1) is 0 Å². The van der Waals surface area contributed by atoms with Gasteiger partial charge in [-0.2, -0.15) is 13.2 Å². The SMILES string of the molecule is C=C(C)\C(=C/C(=C\C)C(/C=NC)=C/C)N=C(N)CCc1ccc(OCc2ccc(C(F)(F)F)cc2)c(OC)c1.CC. The van der Waals surface area contributed by atoms with Crippen LogP contribution in [0.4, 0.5) is 13.2 Å². The van der Waals surface area contributed by atoms with Crippen molar-refractivity contribution in [3.63, 3.8) is 0 Å². The Kier molecular flexibility index (Phi) is 15.0. The number of nitrogens with two attached hydrogens (primary N) is 1. The molecule has 0 aromatic heterocycles. The van der Waals surface area contributed by atoms with Crippen LogP contribution in [0.15, 0.2) is 99.7 Å². The van der Waals surface area contributed by atoms with E-state index < -0.39 is 11.7 Å². The van der Waals surface area contributed by atoms with Crippen molar-refractivity contribution in [2.24, 2.45) is 15.7 Å². The normalized spacial score (nSPS) is 13.1. The van der Waals surface area contributed by atoms with Crippen LogP contribution in [0.5, 0.6) is 11.5 Å². The van der Waals surface area contributed by atoms with E-state index >= 15 is 0 Å². The summed E-state index contributed by atoms with van der Waals surface area (Å²) >= 11 is 0. The van der Waals surface area contributed by atoms with Gasteiger partial charge in [-0.3, -0.25) is 4.99 Å². The fourth-order valence-corrected chi connectivity index (χ4v) is 3.61. The number of allylic oxidation sites excluding steroid dienone is 6. The van der Waals surface area contributed by atoms with E-state index in [-0.39, 0.29) is 6.61 Å². The minimum Gasteiger partial charge on any atom is -0.493 e. The van der Waals surface area contributed by atoms with Crippen LogP contribution in [0.1, 0.15) is 57.7 Å². The third-order valence-corrected chi connectivity index (χ3v) is 5.79. The summed E-state index contributed by atoms with van der Waals surface area (Å²) < 4.78 is 49.6. The summed E-state index contributed by atoms with van der Waals surface area (Å²) in [4.78, 5) is 8.72. The Balaban J connectivity index is 0.00000411. The molecular formula is C33H42F3N3O2. The van der Waals surface area contributed by atoms with E-state index in [1.54, 1.807) is 19.3 Å². The molecule has 222 valence electrons. The maximum Gasteiger partial charge on any atom is 0.416 e. The number of hydrogen-bond acceptors (Lipinski definition) is 4. The highest BCUT2D eigenvalue weighted by atomic mass is 19.4. The highest BCUT2D eigenvalue weighted by molar-refractivity contribution is 5.86. The van der Waals surface area contributed by atoms with Crippen molar-refractivity contribution in [2.45, 2.75) is 60.2 Å². The van der Waals surface area contributed by atoms with E-state index in [0.29, 0.717) is 41.4 Å². The van der Waals surface area contributed by atoms with Gasteiger partial charge in [0.05, 0.1) is 24.2 Å². The number of amidine groups is 1. The number of alkyl halides is 3. The van der Waals surface area contributed by atoms with Gasteiger partial charge in [-0.05, 0) is 85.4 Å². The molecule has 0 aliphatic rings. The second-order valence-electron chi connectivity index (χ2n) is 8.76. The molecule has 0 amide bonds. The number of methoxy groups -OCH3 is 1. The standard InChI is InChI=1S/C31H36F3N3O2.C2H6/c1-7-24(25(8-2)19-36-5)18-27(21(3)4)37-30(35)16-12-22-11-15-28(29(17-22)38-6)39-20-23-9-13-26(14-10-23)31(32,33)34;1-2/h7-11,13-15,17-19H,3,12,16,20H2,1-2,4-6H3,(H2,35,37);1-2H3/b24-7+,25-8+,27-18+,36-19?;. The summed E-state index contributed by atoms with van der Waals surface area (Å²) in [5.41, 5.74) is 10.6. The van der Waals surface area contributed by atoms with Gasteiger partial charge >= 0.3 is 6.18 Å². The van der Waals surface area contributed by atoms with E-state index in [1.165, 1.54) is 19.2 Å². The Morgan fingerprint density at radius 2 is 1.59 bits per heavy atom. The monoisotopic (exact) mass is 569 g/mol. The van der Waals surface area contributed by atoms with Crippen LogP contribution >= 0.6 is 0 Å². The second kappa shape index (κ2) is 17.6. The van der Waals surface area contributed by atoms with Crippen molar-refractivity contribution in [3.8, 4) is 11.5 Å². The number of aliphatic imine (C=N–C) groups is 2. The van der Waals surface area contributed by atoms with E-state index in [0.717, 1.165) is 34.4 Å². The van der Waals surface area contributed by atoms with Crippen molar-refractivity contribution in [1.82, 2.24) is 0 Å². The van der Waals surface area contributed by atoms with Gasteiger partial charge in [0.2, 0.25) is 0 Å². The third kappa shape index (κ3) is 11.5. The second-order valence-corrected chi connectivity index (χ2v) is 8.76. The average molecular weight is 570 g/mol. The molecule has 0 radical (unpaired) electrons. The molecule has 0 fully saturated rings. The zero-order chi connectivity index (χ0) is 31.0. The van der Waals surface area contributed by atoms with Crippen LogP contribution in [-0.4, -0.2) is 26.2 Å². The minimum absolute atomic E-state index is 0.108. The largest absolute Gasteiger partial charge is 0.493 e. The van der Waals surface area contributed by atoms with Crippen LogP contribution in [0.3, 0.4) is 0 Å². The number of benzene rings is 2. The molecule has 5 nitrogen and oxygen atoms in total. The van der Waals surface area contributed by atoms with Gasteiger partial charge in [0, 0.05) is 19.7 Å². The van der Waals surface area contributed by atoms with Crippen LogP contribution < -0.4 is 15.2 Å². The third-order valence-electron chi connectivity index (χ3n) is 5.79. The molecule has 0 unspecified atom stereocenters. The molecule has 41 heavy (non-hydrogen) atoms.